The van der Waals surface area contributed by atoms with Crippen LogP contribution in [0.2, 0.25) is 0 Å². The van der Waals surface area contributed by atoms with Crippen LogP contribution in [-0.4, -0.2) is 12.1 Å². The summed E-state index contributed by atoms with van der Waals surface area (Å²) in [6, 6.07) is 7.80. The van der Waals surface area contributed by atoms with Gasteiger partial charge in [0.15, 0.2) is 0 Å². The molecule has 0 N–H and O–H groups in total. The van der Waals surface area contributed by atoms with Gasteiger partial charge in [-0.25, -0.2) is 0 Å². The quantitative estimate of drug-likeness (QED) is 0.700. The van der Waals surface area contributed by atoms with Gasteiger partial charge in [-0.3, -0.25) is 4.98 Å². The lowest BCUT2D eigenvalue weighted by Gasteiger charge is -2.01. The van der Waals surface area contributed by atoms with Crippen molar-refractivity contribution in [3.8, 4) is 5.75 Å². The second-order valence-corrected chi connectivity index (χ2v) is 3.27. The number of nitrogens with zero attached hydrogens (tertiary/aromatic N) is 1. The van der Waals surface area contributed by atoms with Gasteiger partial charge in [-0.2, -0.15) is 0 Å². The van der Waals surface area contributed by atoms with Crippen molar-refractivity contribution < 1.29 is 4.74 Å². The van der Waals surface area contributed by atoms with Gasteiger partial charge in [-0.15, -0.1) is 12.6 Å². The van der Waals surface area contributed by atoms with Gasteiger partial charge in [0.1, 0.15) is 5.75 Å². The zero-order valence-electron chi connectivity index (χ0n) is 7.19. The zero-order valence-corrected chi connectivity index (χ0v) is 8.08. The van der Waals surface area contributed by atoms with Crippen molar-refractivity contribution in [1.82, 2.24) is 4.98 Å². The molecule has 0 atom stereocenters. The summed E-state index contributed by atoms with van der Waals surface area (Å²) in [4.78, 5) is 5.16. The number of aromatic nitrogens is 1. The second kappa shape index (κ2) is 3.26. The highest BCUT2D eigenvalue weighted by molar-refractivity contribution is 7.80. The summed E-state index contributed by atoms with van der Waals surface area (Å²) >= 11 is 4.24. The summed E-state index contributed by atoms with van der Waals surface area (Å²) in [6.45, 7) is 0. The molecular weight excluding hydrogens is 182 g/mol. The van der Waals surface area contributed by atoms with E-state index in [0.29, 0.717) is 0 Å². The fourth-order valence-corrected chi connectivity index (χ4v) is 1.40. The minimum Gasteiger partial charge on any atom is -0.495 e. The first-order valence-corrected chi connectivity index (χ1v) is 4.37. The Kier molecular flexibility index (Phi) is 2.10. The number of pyridine rings is 1. The Bertz CT molecular complexity index is 442. The molecule has 0 saturated heterocycles. The average molecular weight is 191 g/mol. The third-order valence-corrected chi connectivity index (χ3v) is 2.16. The van der Waals surface area contributed by atoms with Crippen LogP contribution in [0.1, 0.15) is 0 Å². The van der Waals surface area contributed by atoms with E-state index < -0.39 is 0 Å². The monoisotopic (exact) mass is 191 g/mol. The summed E-state index contributed by atoms with van der Waals surface area (Å²) in [5.74, 6) is 0.777. The van der Waals surface area contributed by atoms with Crippen LogP contribution in [0.4, 0.5) is 0 Å². The minimum absolute atomic E-state index is 0.777. The van der Waals surface area contributed by atoms with Crippen molar-refractivity contribution in [2.45, 2.75) is 4.90 Å². The van der Waals surface area contributed by atoms with Crippen LogP contribution in [0, 0.1) is 0 Å². The highest BCUT2D eigenvalue weighted by atomic mass is 32.1. The Morgan fingerprint density at radius 3 is 2.92 bits per heavy atom. The lowest BCUT2D eigenvalue weighted by molar-refractivity contribution is 0.414. The summed E-state index contributed by atoms with van der Waals surface area (Å²) in [6.07, 6.45) is 1.70. The molecule has 1 aromatic carbocycles. The van der Waals surface area contributed by atoms with Gasteiger partial charge < -0.3 is 4.74 Å². The van der Waals surface area contributed by atoms with Crippen LogP contribution in [0.3, 0.4) is 0 Å². The molecule has 2 nitrogen and oxygen atoms in total. The molecule has 2 rings (SSSR count). The predicted octanol–water partition coefficient (Wildman–Crippen LogP) is 2.53. The molecule has 0 amide bonds. The second-order valence-electron chi connectivity index (χ2n) is 2.75. The number of hydrogen-bond donors (Lipinski definition) is 1. The first-order chi connectivity index (χ1) is 6.29. The van der Waals surface area contributed by atoms with Gasteiger partial charge in [0.25, 0.3) is 0 Å². The fraction of sp³-hybridized carbons (Fsp3) is 0.100. The van der Waals surface area contributed by atoms with Crippen LogP contribution in [0.5, 0.6) is 5.75 Å². The number of methoxy groups -OCH3 is 1. The van der Waals surface area contributed by atoms with Gasteiger partial charge in [-0.05, 0) is 18.2 Å². The van der Waals surface area contributed by atoms with E-state index in [1.165, 1.54) is 0 Å². The van der Waals surface area contributed by atoms with Crippen molar-refractivity contribution in [2.75, 3.05) is 7.11 Å². The highest BCUT2D eigenvalue weighted by Gasteiger charge is 1.97. The molecule has 13 heavy (non-hydrogen) atoms. The predicted molar refractivity (Wildman–Crippen MR) is 55.5 cm³/mol. The molecule has 0 fully saturated rings. The number of rotatable bonds is 1. The number of fused-ring (bicyclic) bond motifs is 1. The van der Waals surface area contributed by atoms with Crippen molar-refractivity contribution in [3.63, 3.8) is 0 Å². The third kappa shape index (κ3) is 1.60. The topological polar surface area (TPSA) is 22.1 Å². The van der Waals surface area contributed by atoms with Gasteiger partial charge >= 0.3 is 0 Å². The normalized spacial score (nSPS) is 10.3. The first-order valence-electron chi connectivity index (χ1n) is 3.92. The molecule has 0 aliphatic rings. The maximum absolute atomic E-state index is 5.07. The van der Waals surface area contributed by atoms with E-state index in [4.69, 9.17) is 4.74 Å². The SMILES string of the molecule is COc1cnc2cc(S)ccc2c1. The largest absolute Gasteiger partial charge is 0.495 e. The van der Waals surface area contributed by atoms with Crippen LogP contribution in [0.25, 0.3) is 10.9 Å². The summed E-state index contributed by atoms with van der Waals surface area (Å²) in [7, 11) is 1.63. The minimum atomic E-state index is 0.777. The molecule has 1 aromatic heterocycles. The van der Waals surface area contributed by atoms with E-state index in [0.717, 1.165) is 21.5 Å². The van der Waals surface area contributed by atoms with Crippen LogP contribution in [-0.2, 0) is 0 Å². The van der Waals surface area contributed by atoms with E-state index in [1.54, 1.807) is 13.3 Å². The summed E-state index contributed by atoms with van der Waals surface area (Å²) in [5.41, 5.74) is 0.938. The number of thiol groups is 1. The molecular formula is C10H9NOS. The van der Waals surface area contributed by atoms with Gasteiger partial charge in [-0.1, -0.05) is 6.07 Å². The van der Waals surface area contributed by atoms with Crippen LogP contribution >= 0.6 is 12.6 Å². The standard InChI is InChI=1S/C10H9NOS/c1-12-8-4-7-2-3-9(13)5-10(7)11-6-8/h2-6,13H,1H3. The number of benzene rings is 1. The summed E-state index contributed by atoms with van der Waals surface area (Å²) < 4.78 is 5.07. The lowest BCUT2D eigenvalue weighted by atomic mass is 10.2. The molecule has 3 heteroatoms. The molecule has 1 heterocycles. The zero-order chi connectivity index (χ0) is 9.26. The van der Waals surface area contributed by atoms with Gasteiger partial charge in [0.2, 0.25) is 0 Å². The molecule has 0 spiro atoms. The van der Waals surface area contributed by atoms with E-state index >= 15 is 0 Å². The molecule has 66 valence electrons. The van der Waals surface area contributed by atoms with Crippen LogP contribution < -0.4 is 4.74 Å². The van der Waals surface area contributed by atoms with E-state index in [1.807, 2.05) is 24.3 Å². The Morgan fingerprint density at radius 2 is 2.15 bits per heavy atom. The molecule has 0 saturated carbocycles. The van der Waals surface area contributed by atoms with Gasteiger partial charge in [0, 0.05) is 10.3 Å². The van der Waals surface area contributed by atoms with E-state index in [9.17, 15) is 0 Å². The molecule has 0 bridgehead atoms. The lowest BCUT2D eigenvalue weighted by Crippen LogP contribution is -1.85. The molecule has 0 aliphatic heterocycles. The molecule has 0 aliphatic carbocycles. The first kappa shape index (κ1) is 8.38. The van der Waals surface area contributed by atoms with Gasteiger partial charge in [0.05, 0.1) is 18.8 Å². The summed E-state index contributed by atoms with van der Waals surface area (Å²) in [5, 5.41) is 1.07. The van der Waals surface area contributed by atoms with Crippen molar-refractivity contribution >= 4 is 23.5 Å². The van der Waals surface area contributed by atoms with Crippen molar-refractivity contribution in [3.05, 3.63) is 30.5 Å². The van der Waals surface area contributed by atoms with Crippen LogP contribution in [0.15, 0.2) is 35.4 Å². The smallest absolute Gasteiger partial charge is 0.137 e. The Labute approximate surface area is 82.0 Å². The highest BCUT2D eigenvalue weighted by Crippen LogP contribution is 2.20. The number of ether oxygens (including phenoxy) is 1. The van der Waals surface area contributed by atoms with Crippen molar-refractivity contribution in [2.24, 2.45) is 0 Å². The molecule has 0 unspecified atom stereocenters. The van der Waals surface area contributed by atoms with E-state index in [2.05, 4.69) is 17.6 Å². The van der Waals surface area contributed by atoms with E-state index in [-0.39, 0.29) is 0 Å². The average Bonchev–Trinajstić information content (AvgIpc) is 2.17. The number of hydrogen-bond acceptors (Lipinski definition) is 3. The fourth-order valence-electron chi connectivity index (χ4n) is 1.20. The molecule has 2 aromatic rings. The maximum Gasteiger partial charge on any atom is 0.137 e. The van der Waals surface area contributed by atoms with Crippen molar-refractivity contribution in [1.29, 1.82) is 0 Å². The third-order valence-electron chi connectivity index (χ3n) is 1.88. The Hall–Kier alpha value is -1.22. The molecule has 0 radical (unpaired) electrons. The Balaban J connectivity index is 2.66. The Morgan fingerprint density at radius 1 is 1.31 bits per heavy atom. The maximum atomic E-state index is 5.07.